The molecule has 0 aromatic heterocycles. The summed E-state index contributed by atoms with van der Waals surface area (Å²) < 4.78 is 31.4. The molecular weight excluding hydrogens is 490 g/mol. The van der Waals surface area contributed by atoms with Gasteiger partial charge in [-0.3, -0.25) is 13.9 Å². The van der Waals surface area contributed by atoms with Gasteiger partial charge in [0.15, 0.2) is 0 Å². The molecular formula is C25H34ClN3O5S. The lowest BCUT2D eigenvalue weighted by atomic mass is 10.1. The van der Waals surface area contributed by atoms with Crippen LogP contribution in [0.2, 0.25) is 5.02 Å². The van der Waals surface area contributed by atoms with E-state index < -0.39 is 28.5 Å². The molecule has 2 atom stereocenters. The lowest BCUT2D eigenvalue weighted by Crippen LogP contribution is -2.52. The summed E-state index contributed by atoms with van der Waals surface area (Å²) >= 11 is 6.20. The first-order valence-electron chi connectivity index (χ1n) is 11.3. The zero-order valence-electron chi connectivity index (χ0n) is 21.0. The highest BCUT2D eigenvalue weighted by Gasteiger charge is 2.30. The Morgan fingerprint density at radius 3 is 2.26 bits per heavy atom. The molecule has 8 nitrogen and oxygen atoms in total. The summed E-state index contributed by atoms with van der Waals surface area (Å²) in [4.78, 5) is 27.8. The van der Waals surface area contributed by atoms with E-state index in [4.69, 9.17) is 16.3 Å². The fourth-order valence-corrected chi connectivity index (χ4v) is 4.46. The van der Waals surface area contributed by atoms with Crippen molar-refractivity contribution in [2.45, 2.75) is 52.7 Å². The molecule has 0 radical (unpaired) electrons. The fourth-order valence-electron chi connectivity index (χ4n) is 3.36. The molecule has 1 N–H and O–H groups in total. The van der Waals surface area contributed by atoms with Crippen LogP contribution in [0.3, 0.4) is 0 Å². The number of hydrogen-bond donors (Lipinski definition) is 1. The maximum atomic E-state index is 13.5. The normalized spacial score (nSPS) is 13.0. The number of nitrogens with zero attached hydrogens (tertiary/aromatic N) is 2. The second-order valence-corrected chi connectivity index (χ2v) is 10.9. The summed E-state index contributed by atoms with van der Waals surface area (Å²) in [5.41, 5.74) is 2.11. The van der Waals surface area contributed by atoms with E-state index in [1.54, 1.807) is 6.92 Å². The first-order chi connectivity index (χ1) is 16.4. The molecule has 0 aliphatic carbocycles. The van der Waals surface area contributed by atoms with Gasteiger partial charge in [0.25, 0.3) is 0 Å². The number of rotatable bonds is 11. The van der Waals surface area contributed by atoms with Crippen LogP contribution in [0.5, 0.6) is 5.75 Å². The predicted molar refractivity (Wildman–Crippen MR) is 139 cm³/mol. The number of hydrogen-bond acceptors (Lipinski definition) is 5. The van der Waals surface area contributed by atoms with Crippen LogP contribution in [0.1, 0.15) is 38.3 Å². The summed E-state index contributed by atoms with van der Waals surface area (Å²) in [7, 11) is -2.39. The van der Waals surface area contributed by atoms with Crippen LogP contribution >= 0.6 is 11.6 Å². The fraction of sp³-hybridized carbons (Fsp3) is 0.440. The Hall–Kier alpha value is -2.78. The van der Waals surface area contributed by atoms with Gasteiger partial charge in [-0.15, -0.1) is 0 Å². The number of aryl methyl sites for hydroxylation is 1. The molecule has 0 fully saturated rings. The van der Waals surface area contributed by atoms with Crippen molar-refractivity contribution in [1.29, 1.82) is 0 Å². The van der Waals surface area contributed by atoms with Crippen LogP contribution in [-0.2, 0) is 26.2 Å². The average Bonchev–Trinajstić information content (AvgIpc) is 2.80. The lowest BCUT2D eigenvalue weighted by molar-refractivity contribution is -0.139. The van der Waals surface area contributed by atoms with Gasteiger partial charge in [0.05, 0.1) is 24.1 Å². The first-order valence-corrected chi connectivity index (χ1v) is 13.6. The molecule has 0 aliphatic rings. The molecule has 10 heteroatoms. The van der Waals surface area contributed by atoms with Crippen LogP contribution in [0.4, 0.5) is 5.69 Å². The molecule has 192 valence electrons. The molecule has 2 aromatic rings. The Morgan fingerprint density at radius 1 is 1.11 bits per heavy atom. The number of anilines is 1. The summed E-state index contributed by atoms with van der Waals surface area (Å²) in [5.74, 6) is -0.445. The molecule has 0 spiro atoms. The van der Waals surface area contributed by atoms with E-state index >= 15 is 0 Å². The van der Waals surface area contributed by atoms with Gasteiger partial charge in [-0.1, -0.05) is 48.4 Å². The minimum atomic E-state index is -3.84. The van der Waals surface area contributed by atoms with Crippen LogP contribution in [-0.4, -0.2) is 57.1 Å². The molecule has 0 bridgehead atoms. The van der Waals surface area contributed by atoms with E-state index in [1.165, 1.54) is 30.2 Å². The topological polar surface area (TPSA) is 96.0 Å². The van der Waals surface area contributed by atoms with Gasteiger partial charge < -0.3 is 15.0 Å². The molecule has 2 amide bonds. The van der Waals surface area contributed by atoms with E-state index in [-0.39, 0.29) is 29.2 Å². The van der Waals surface area contributed by atoms with Gasteiger partial charge in [-0.05, 0) is 51.0 Å². The Kier molecular flexibility index (Phi) is 9.97. The highest BCUT2D eigenvalue weighted by molar-refractivity contribution is 7.92. The number of halogens is 1. The van der Waals surface area contributed by atoms with Crippen molar-refractivity contribution in [2.24, 2.45) is 0 Å². The third kappa shape index (κ3) is 7.86. The zero-order valence-corrected chi connectivity index (χ0v) is 22.6. The minimum absolute atomic E-state index is 0.0600. The van der Waals surface area contributed by atoms with Crippen molar-refractivity contribution in [3.8, 4) is 5.75 Å². The van der Waals surface area contributed by atoms with Gasteiger partial charge in [-0.25, -0.2) is 8.42 Å². The summed E-state index contributed by atoms with van der Waals surface area (Å²) in [5, 5.41) is 3.11. The molecule has 2 rings (SSSR count). The average molecular weight is 524 g/mol. The first kappa shape index (κ1) is 28.5. The number of amides is 2. The van der Waals surface area contributed by atoms with E-state index in [9.17, 15) is 18.0 Å². The molecule has 0 saturated heterocycles. The molecule has 0 aliphatic heterocycles. The standard InChI is InChI=1S/C25H34ClN3O5S/c1-7-18(3)27-25(31)19(4)28(15-20-10-8-17(2)9-11-20)24(30)16-29(35(6,32)33)21-12-13-23(34-5)22(26)14-21/h8-14,18-19H,7,15-16H2,1-6H3,(H,27,31)/t18-,19+/m0/s1. The summed E-state index contributed by atoms with van der Waals surface area (Å²) in [6.07, 6.45) is 1.76. The predicted octanol–water partition coefficient (Wildman–Crippen LogP) is 3.76. The minimum Gasteiger partial charge on any atom is -0.495 e. The zero-order chi connectivity index (χ0) is 26.3. The van der Waals surface area contributed by atoms with Crippen molar-refractivity contribution in [3.05, 3.63) is 58.6 Å². The van der Waals surface area contributed by atoms with Gasteiger partial charge in [-0.2, -0.15) is 0 Å². The van der Waals surface area contributed by atoms with Crippen LogP contribution in [0.25, 0.3) is 0 Å². The Bertz CT molecular complexity index is 1140. The molecule has 2 aromatic carbocycles. The van der Waals surface area contributed by atoms with E-state index in [0.717, 1.165) is 28.1 Å². The molecule has 35 heavy (non-hydrogen) atoms. The largest absolute Gasteiger partial charge is 0.495 e. The third-order valence-electron chi connectivity index (χ3n) is 5.74. The molecule has 0 heterocycles. The van der Waals surface area contributed by atoms with E-state index in [1.807, 2.05) is 45.0 Å². The highest BCUT2D eigenvalue weighted by atomic mass is 35.5. The van der Waals surface area contributed by atoms with Crippen molar-refractivity contribution in [1.82, 2.24) is 10.2 Å². The SMILES string of the molecule is CC[C@H](C)NC(=O)[C@@H](C)N(Cc1ccc(C)cc1)C(=O)CN(c1ccc(OC)c(Cl)c1)S(C)(=O)=O. The number of benzene rings is 2. The lowest BCUT2D eigenvalue weighted by Gasteiger charge is -2.32. The molecule has 0 saturated carbocycles. The van der Waals surface area contributed by atoms with Crippen LogP contribution in [0.15, 0.2) is 42.5 Å². The summed E-state index contributed by atoms with van der Waals surface area (Å²) in [6.45, 7) is 7.09. The number of ether oxygens (including phenoxy) is 1. The molecule has 0 unspecified atom stereocenters. The van der Waals surface area contributed by atoms with Gasteiger partial charge >= 0.3 is 0 Å². The van der Waals surface area contributed by atoms with Crippen LogP contribution < -0.4 is 14.4 Å². The van der Waals surface area contributed by atoms with Gasteiger partial charge in [0.2, 0.25) is 21.8 Å². The monoisotopic (exact) mass is 523 g/mol. The second kappa shape index (κ2) is 12.3. The van der Waals surface area contributed by atoms with Crippen molar-refractivity contribution in [3.63, 3.8) is 0 Å². The highest BCUT2D eigenvalue weighted by Crippen LogP contribution is 2.30. The number of nitrogens with one attached hydrogen (secondary N) is 1. The Balaban J connectivity index is 2.40. The number of carbonyl (C=O) groups is 2. The van der Waals surface area contributed by atoms with Crippen molar-refractivity contribution >= 4 is 39.1 Å². The Morgan fingerprint density at radius 2 is 1.74 bits per heavy atom. The maximum absolute atomic E-state index is 13.5. The van der Waals surface area contributed by atoms with Crippen molar-refractivity contribution < 1.29 is 22.7 Å². The Labute approximate surface area is 213 Å². The number of methoxy groups -OCH3 is 1. The third-order valence-corrected chi connectivity index (χ3v) is 7.18. The van der Waals surface area contributed by atoms with E-state index in [2.05, 4.69) is 5.32 Å². The smallest absolute Gasteiger partial charge is 0.244 e. The second-order valence-electron chi connectivity index (χ2n) is 8.59. The maximum Gasteiger partial charge on any atom is 0.244 e. The quantitative estimate of drug-likeness (QED) is 0.484. The van der Waals surface area contributed by atoms with Gasteiger partial charge in [0.1, 0.15) is 18.3 Å². The van der Waals surface area contributed by atoms with Crippen LogP contribution in [0, 0.1) is 6.92 Å². The number of sulfonamides is 1. The van der Waals surface area contributed by atoms with E-state index in [0.29, 0.717) is 5.75 Å². The number of carbonyl (C=O) groups excluding carboxylic acids is 2. The summed E-state index contributed by atoms with van der Waals surface area (Å²) in [6, 6.07) is 11.2. The van der Waals surface area contributed by atoms with Gasteiger partial charge in [0, 0.05) is 12.6 Å². The van der Waals surface area contributed by atoms with Crippen molar-refractivity contribution in [2.75, 3.05) is 24.2 Å².